The molecule has 5 aromatic rings. The third kappa shape index (κ3) is 5.91. The first-order chi connectivity index (χ1) is 19.4. The average molecular weight is 576 g/mol. The molecule has 206 valence electrons. The summed E-state index contributed by atoms with van der Waals surface area (Å²) in [4.78, 5) is 20.3. The number of carbonyl (C=O) groups excluding carboxylic acids is 1. The van der Waals surface area contributed by atoms with Crippen molar-refractivity contribution in [1.29, 1.82) is 0 Å². The zero-order chi connectivity index (χ0) is 28.1. The van der Waals surface area contributed by atoms with Crippen LogP contribution in [0.3, 0.4) is 0 Å². The van der Waals surface area contributed by atoms with Crippen LogP contribution in [0.1, 0.15) is 22.8 Å². The van der Waals surface area contributed by atoms with Gasteiger partial charge in [0, 0.05) is 38.1 Å². The number of hydrogen-bond donors (Lipinski definition) is 0. The number of anilines is 1. The second kappa shape index (κ2) is 12.0. The Morgan fingerprint density at radius 2 is 1.77 bits per heavy atom. The van der Waals surface area contributed by atoms with Crippen LogP contribution in [0.2, 0.25) is 0 Å². The van der Waals surface area contributed by atoms with Gasteiger partial charge in [-0.15, -0.1) is 0 Å². The standard InChI is InChI=1S/C29H29N5O4S2/c1-3-38-25-11-7-12-26-27(25)31-29(39-26)34(20-19-33-18-8-17-30-33)28(35)23-13-15-24(16-14-23)40(36,37)32(2)21-22-9-5-4-6-10-22/h4-18H,3,19-21H2,1-2H3. The Balaban J connectivity index is 1.42. The minimum absolute atomic E-state index is 0.118. The summed E-state index contributed by atoms with van der Waals surface area (Å²) in [5.41, 5.74) is 1.94. The molecule has 0 N–H and O–H groups in total. The van der Waals surface area contributed by atoms with Gasteiger partial charge in [0.2, 0.25) is 10.0 Å². The van der Waals surface area contributed by atoms with Crippen LogP contribution in [0.4, 0.5) is 5.13 Å². The normalized spacial score (nSPS) is 11.7. The van der Waals surface area contributed by atoms with Crippen molar-refractivity contribution in [3.8, 4) is 5.75 Å². The molecule has 1 amide bonds. The van der Waals surface area contributed by atoms with Gasteiger partial charge >= 0.3 is 0 Å². The topological polar surface area (TPSA) is 97.6 Å². The molecule has 3 aromatic carbocycles. The van der Waals surface area contributed by atoms with Gasteiger partial charge in [-0.3, -0.25) is 14.4 Å². The molecule has 0 bridgehead atoms. The molecule has 0 saturated heterocycles. The third-order valence-electron chi connectivity index (χ3n) is 6.32. The summed E-state index contributed by atoms with van der Waals surface area (Å²) in [5, 5.41) is 4.78. The zero-order valence-corrected chi connectivity index (χ0v) is 23.8. The molecular formula is C29H29N5O4S2. The van der Waals surface area contributed by atoms with Crippen molar-refractivity contribution in [1.82, 2.24) is 19.1 Å². The van der Waals surface area contributed by atoms with Crippen LogP contribution < -0.4 is 9.64 Å². The molecule has 2 aromatic heterocycles. The fraction of sp³-hybridized carbons (Fsp3) is 0.207. The quantitative estimate of drug-likeness (QED) is 0.218. The summed E-state index contributed by atoms with van der Waals surface area (Å²) in [5.74, 6) is 0.377. The van der Waals surface area contributed by atoms with Crippen LogP contribution in [-0.2, 0) is 23.1 Å². The van der Waals surface area contributed by atoms with E-state index in [9.17, 15) is 13.2 Å². The lowest BCUT2D eigenvalue weighted by atomic mass is 10.2. The Bertz CT molecular complexity index is 1690. The van der Waals surface area contributed by atoms with Crippen molar-refractivity contribution in [3.05, 3.63) is 102 Å². The predicted octanol–water partition coefficient (Wildman–Crippen LogP) is 5.06. The van der Waals surface area contributed by atoms with Crippen molar-refractivity contribution in [2.45, 2.75) is 24.9 Å². The second-order valence-electron chi connectivity index (χ2n) is 9.03. The number of fused-ring (bicyclic) bond motifs is 1. The van der Waals surface area contributed by atoms with Gasteiger partial charge in [-0.25, -0.2) is 13.4 Å². The number of para-hydroxylation sites is 1. The molecule has 2 heterocycles. The van der Waals surface area contributed by atoms with Crippen molar-refractivity contribution in [3.63, 3.8) is 0 Å². The molecule has 9 nitrogen and oxygen atoms in total. The Kier molecular flexibility index (Phi) is 8.24. The molecule has 0 saturated carbocycles. The van der Waals surface area contributed by atoms with E-state index in [0.29, 0.717) is 41.7 Å². The molecule has 0 spiro atoms. The molecule has 0 aliphatic carbocycles. The molecule has 0 fully saturated rings. The minimum atomic E-state index is -3.75. The van der Waals surface area contributed by atoms with E-state index in [1.54, 1.807) is 35.0 Å². The van der Waals surface area contributed by atoms with E-state index in [1.165, 1.54) is 27.8 Å². The summed E-state index contributed by atoms with van der Waals surface area (Å²) in [6.07, 6.45) is 3.52. The number of aromatic nitrogens is 3. The Hall–Kier alpha value is -4.06. The van der Waals surface area contributed by atoms with E-state index in [0.717, 1.165) is 10.3 Å². The largest absolute Gasteiger partial charge is 0.492 e. The second-order valence-corrected chi connectivity index (χ2v) is 12.1. The van der Waals surface area contributed by atoms with Crippen LogP contribution in [-0.4, -0.2) is 53.6 Å². The van der Waals surface area contributed by atoms with E-state index in [-0.39, 0.29) is 17.3 Å². The van der Waals surface area contributed by atoms with Crippen LogP contribution in [0.25, 0.3) is 10.2 Å². The summed E-state index contributed by atoms with van der Waals surface area (Å²) >= 11 is 1.40. The summed E-state index contributed by atoms with van der Waals surface area (Å²) < 4.78 is 36.1. The number of hydrogen-bond acceptors (Lipinski definition) is 7. The van der Waals surface area contributed by atoms with Gasteiger partial charge in [0.15, 0.2) is 5.13 Å². The smallest absolute Gasteiger partial charge is 0.260 e. The van der Waals surface area contributed by atoms with E-state index in [2.05, 4.69) is 5.10 Å². The van der Waals surface area contributed by atoms with E-state index >= 15 is 0 Å². The van der Waals surface area contributed by atoms with E-state index < -0.39 is 10.0 Å². The fourth-order valence-electron chi connectivity index (χ4n) is 4.25. The number of sulfonamides is 1. The first kappa shape index (κ1) is 27.5. The van der Waals surface area contributed by atoms with Crippen LogP contribution in [0.15, 0.2) is 96.2 Å². The maximum atomic E-state index is 13.8. The van der Waals surface area contributed by atoms with Crippen molar-refractivity contribution in [2.24, 2.45) is 0 Å². The zero-order valence-electron chi connectivity index (χ0n) is 22.2. The van der Waals surface area contributed by atoms with Crippen LogP contribution >= 0.6 is 11.3 Å². The molecule has 5 rings (SSSR count). The third-order valence-corrected chi connectivity index (χ3v) is 9.18. The number of amides is 1. The lowest BCUT2D eigenvalue weighted by molar-refractivity contribution is 0.0985. The number of rotatable bonds is 11. The Morgan fingerprint density at radius 1 is 1.00 bits per heavy atom. The van der Waals surface area contributed by atoms with Gasteiger partial charge in [-0.05, 0) is 55.0 Å². The molecule has 0 aliphatic heterocycles. The van der Waals surface area contributed by atoms with Gasteiger partial charge in [-0.1, -0.05) is 47.7 Å². The molecule has 0 atom stereocenters. The number of thiazole rings is 1. The van der Waals surface area contributed by atoms with Crippen LogP contribution in [0.5, 0.6) is 5.75 Å². The molecule has 0 unspecified atom stereocenters. The minimum Gasteiger partial charge on any atom is -0.492 e. The Morgan fingerprint density at radius 3 is 2.48 bits per heavy atom. The van der Waals surface area contributed by atoms with Crippen LogP contribution in [0, 0.1) is 0 Å². The monoisotopic (exact) mass is 575 g/mol. The SMILES string of the molecule is CCOc1cccc2sc(N(CCn3cccn3)C(=O)c3ccc(S(=O)(=O)N(C)Cc4ccccc4)cc3)nc12. The number of benzene rings is 3. The molecule has 0 aliphatic rings. The molecule has 40 heavy (non-hydrogen) atoms. The first-order valence-corrected chi connectivity index (χ1v) is 15.0. The van der Waals surface area contributed by atoms with Crippen molar-refractivity contribution >= 4 is 42.6 Å². The van der Waals surface area contributed by atoms with Gasteiger partial charge in [0.1, 0.15) is 11.3 Å². The first-order valence-electron chi connectivity index (χ1n) is 12.8. The summed E-state index contributed by atoms with van der Waals surface area (Å²) in [7, 11) is -2.20. The van der Waals surface area contributed by atoms with Gasteiger partial charge in [0.25, 0.3) is 5.91 Å². The van der Waals surface area contributed by atoms with Gasteiger partial charge in [0.05, 0.1) is 22.7 Å². The van der Waals surface area contributed by atoms with E-state index in [1.807, 2.05) is 67.7 Å². The maximum absolute atomic E-state index is 13.8. The van der Waals surface area contributed by atoms with Gasteiger partial charge < -0.3 is 4.74 Å². The lowest BCUT2D eigenvalue weighted by Crippen LogP contribution is -2.34. The molecule has 11 heteroatoms. The highest BCUT2D eigenvalue weighted by atomic mass is 32.2. The summed E-state index contributed by atoms with van der Waals surface area (Å²) in [6, 6.07) is 23.0. The molecular weight excluding hydrogens is 546 g/mol. The van der Waals surface area contributed by atoms with Crippen molar-refractivity contribution < 1.29 is 17.9 Å². The number of nitrogens with zero attached hydrogens (tertiary/aromatic N) is 5. The number of ether oxygens (including phenoxy) is 1. The highest BCUT2D eigenvalue weighted by Gasteiger charge is 2.25. The van der Waals surface area contributed by atoms with Crippen molar-refractivity contribution in [2.75, 3.05) is 25.1 Å². The predicted molar refractivity (Wildman–Crippen MR) is 156 cm³/mol. The van der Waals surface area contributed by atoms with Gasteiger partial charge in [-0.2, -0.15) is 9.40 Å². The maximum Gasteiger partial charge on any atom is 0.260 e. The fourth-order valence-corrected chi connectivity index (χ4v) is 6.42. The Labute approximate surface area is 237 Å². The lowest BCUT2D eigenvalue weighted by Gasteiger charge is -2.21. The van der Waals surface area contributed by atoms with E-state index in [4.69, 9.17) is 9.72 Å². The number of carbonyl (C=O) groups is 1. The highest BCUT2D eigenvalue weighted by Crippen LogP contribution is 2.35. The summed E-state index contributed by atoms with van der Waals surface area (Å²) in [6.45, 7) is 3.44. The molecule has 0 radical (unpaired) electrons. The average Bonchev–Trinajstić information content (AvgIpc) is 3.65. The highest BCUT2D eigenvalue weighted by molar-refractivity contribution is 7.89.